The molecule has 1 rings (SSSR count). The minimum atomic E-state index is 0.0190. The molecule has 1 aliphatic rings. The highest BCUT2D eigenvalue weighted by atomic mass is 16.5. The van der Waals surface area contributed by atoms with E-state index >= 15 is 0 Å². The number of hydrogen-bond acceptors (Lipinski definition) is 2. The lowest BCUT2D eigenvalue weighted by atomic mass is 10.1. The molecule has 3 heteroatoms. The monoisotopic (exact) mass is 225 g/mol. The fourth-order valence-electron chi connectivity index (χ4n) is 1.84. The summed E-state index contributed by atoms with van der Waals surface area (Å²) in [7, 11) is 0. The second kappa shape index (κ2) is 6.04. The van der Waals surface area contributed by atoms with Crippen LogP contribution in [0.15, 0.2) is 12.7 Å². The maximum Gasteiger partial charge on any atom is 0.246 e. The molecule has 1 fully saturated rings. The summed E-state index contributed by atoms with van der Waals surface area (Å²) in [6.07, 6.45) is 3.90. The van der Waals surface area contributed by atoms with E-state index in [2.05, 4.69) is 27.4 Å². The highest BCUT2D eigenvalue weighted by Gasteiger charge is 2.24. The number of carbonyl (C=O) groups excluding carboxylic acids is 1. The summed E-state index contributed by atoms with van der Waals surface area (Å²) in [5.41, 5.74) is 0. The summed E-state index contributed by atoms with van der Waals surface area (Å²) in [5.74, 6) is 0.538. The lowest BCUT2D eigenvalue weighted by molar-refractivity contribution is -0.132. The molecule has 0 spiro atoms. The second-order valence-corrected chi connectivity index (χ2v) is 4.84. The Morgan fingerprint density at radius 1 is 1.50 bits per heavy atom. The third-order valence-corrected chi connectivity index (χ3v) is 3.21. The van der Waals surface area contributed by atoms with E-state index in [4.69, 9.17) is 4.74 Å². The first-order chi connectivity index (χ1) is 7.54. The molecule has 0 unspecified atom stereocenters. The topological polar surface area (TPSA) is 29.5 Å². The van der Waals surface area contributed by atoms with E-state index in [9.17, 15) is 4.79 Å². The molecule has 0 aliphatic carbocycles. The summed E-state index contributed by atoms with van der Waals surface area (Å²) in [6.45, 7) is 11.5. The second-order valence-electron chi connectivity index (χ2n) is 4.84. The van der Waals surface area contributed by atoms with Crippen LogP contribution < -0.4 is 0 Å². The Bertz CT molecular complexity index is 250. The van der Waals surface area contributed by atoms with Crippen molar-refractivity contribution in [1.82, 2.24) is 4.90 Å². The van der Waals surface area contributed by atoms with E-state index < -0.39 is 0 Å². The van der Waals surface area contributed by atoms with Gasteiger partial charge < -0.3 is 9.64 Å². The SMILES string of the molecule is C=CC(=O)N1CCC[C@@H](O[C@@H](C)C(C)C)C1. The Morgan fingerprint density at radius 3 is 2.75 bits per heavy atom. The standard InChI is InChI=1S/C13H23NO2/c1-5-13(15)14-8-6-7-12(9-14)16-11(4)10(2)3/h5,10-12H,1,6-9H2,2-4H3/t11-,12+/m0/s1. The van der Waals surface area contributed by atoms with Crippen molar-refractivity contribution < 1.29 is 9.53 Å². The van der Waals surface area contributed by atoms with Crippen molar-refractivity contribution in [3.63, 3.8) is 0 Å². The first-order valence-corrected chi connectivity index (χ1v) is 6.11. The molecular formula is C13H23NO2. The number of likely N-dealkylation sites (tertiary alicyclic amines) is 1. The Morgan fingerprint density at radius 2 is 2.19 bits per heavy atom. The Balaban J connectivity index is 2.44. The molecule has 1 heterocycles. The first kappa shape index (κ1) is 13.2. The fraction of sp³-hybridized carbons (Fsp3) is 0.769. The van der Waals surface area contributed by atoms with Gasteiger partial charge in [-0.15, -0.1) is 0 Å². The average Bonchev–Trinajstić information content (AvgIpc) is 2.28. The van der Waals surface area contributed by atoms with Gasteiger partial charge in [-0.2, -0.15) is 0 Å². The van der Waals surface area contributed by atoms with Crippen LogP contribution in [0.25, 0.3) is 0 Å². The molecule has 0 aromatic rings. The van der Waals surface area contributed by atoms with Crippen molar-refractivity contribution in [2.75, 3.05) is 13.1 Å². The van der Waals surface area contributed by atoms with E-state index in [1.807, 2.05) is 4.90 Å². The van der Waals surface area contributed by atoms with Gasteiger partial charge in [0.25, 0.3) is 0 Å². The van der Waals surface area contributed by atoms with Crippen LogP contribution in [0.1, 0.15) is 33.6 Å². The van der Waals surface area contributed by atoms with Crippen molar-refractivity contribution in [3.05, 3.63) is 12.7 Å². The van der Waals surface area contributed by atoms with Gasteiger partial charge in [0.1, 0.15) is 0 Å². The summed E-state index contributed by atoms with van der Waals surface area (Å²) >= 11 is 0. The number of amides is 1. The van der Waals surface area contributed by atoms with Crippen LogP contribution in [0.2, 0.25) is 0 Å². The number of carbonyl (C=O) groups is 1. The van der Waals surface area contributed by atoms with Crippen LogP contribution in [0.3, 0.4) is 0 Å². The highest BCUT2D eigenvalue weighted by molar-refractivity contribution is 5.87. The number of rotatable bonds is 4. The first-order valence-electron chi connectivity index (χ1n) is 6.11. The van der Waals surface area contributed by atoms with Crippen LogP contribution in [0, 0.1) is 5.92 Å². The molecule has 0 N–H and O–H groups in total. The Hall–Kier alpha value is -0.830. The normalized spacial score (nSPS) is 23.2. The van der Waals surface area contributed by atoms with Gasteiger partial charge in [0.15, 0.2) is 0 Å². The van der Waals surface area contributed by atoms with Gasteiger partial charge in [0, 0.05) is 13.1 Å². The van der Waals surface area contributed by atoms with Gasteiger partial charge in [0.05, 0.1) is 12.2 Å². The molecule has 92 valence electrons. The molecule has 0 aromatic carbocycles. The summed E-state index contributed by atoms with van der Waals surface area (Å²) in [4.78, 5) is 13.3. The predicted octanol–water partition coefficient (Wildman–Crippen LogP) is 2.22. The van der Waals surface area contributed by atoms with Crippen molar-refractivity contribution >= 4 is 5.91 Å². The third-order valence-electron chi connectivity index (χ3n) is 3.21. The number of piperidine rings is 1. The Labute approximate surface area is 98.5 Å². The highest BCUT2D eigenvalue weighted by Crippen LogP contribution is 2.17. The van der Waals surface area contributed by atoms with Crippen molar-refractivity contribution in [2.24, 2.45) is 5.92 Å². The van der Waals surface area contributed by atoms with Crippen molar-refractivity contribution in [1.29, 1.82) is 0 Å². The van der Waals surface area contributed by atoms with Crippen LogP contribution in [0.5, 0.6) is 0 Å². The zero-order valence-corrected chi connectivity index (χ0v) is 10.6. The van der Waals surface area contributed by atoms with Gasteiger partial charge >= 0.3 is 0 Å². The van der Waals surface area contributed by atoms with Crippen LogP contribution in [-0.2, 0) is 9.53 Å². The molecule has 1 aliphatic heterocycles. The van der Waals surface area contributed by atoms with E-state index in [0.29, 0.717) is 12.5 Å². The van der Waals surface area contributed by atoms with Gasteiger partial charge in [-0.25, -0.2) is 0 Å². The van der Waals surface area contributed by atoms with Crippen LogP contribution in [-0.4, -0.2) is 36.1 Å². The van der Waals surface area contributed by atoms with E-state index in [-0.39, 0.29) is 18.1 Å². The molecule has 1 saturated heterocycles. The maximum atomic E-state index is 11.5. The molecule has 16 heavy (non-hydrogen) atoms. The fourth-order valence-corrected chi connectivity index (χ4v) is 1.84. The lowest BCUT2D eigenvalue weighted by Crippen LogP contribution is -2.43. The molecule has 1 amide bonds. The minimum Gasteiger partial charge on any atom is -0.373 e. The van der Waals surface area contributed by atoms with Crippen LogP contribution in [0.4, 0.5) is 0 Å². The molecule has 0 bridgehead atoms. The summed E-state index contributed by atoms with van der Waals surface area (Å²) < 4.78 is 5.95. The molecule has 3 nitrogen and oxygen atoms in total. The van der Waals surface area contributed by atoms with Crippen molar-refractivity contribution in [2.45, 2.75) is 45.8 Å². The van der Waals surface area contributed by atoms with Gasteiger partial charge in [-0.3, -0.25) is 4.79 Å². The predicted molar refractivity (Wildman–Crippen MR) is 65.2 cm³/mol. The maximum absolute atomic E-state index is 11.5. The summed E-state index contributed by atoms with van der Waals surface area (Å²) in [6, 6.07) is 0. The van der Waals surface area contributed by atoms with E-state index in [1.165, 1.54) is 6.08 Å². The molecule has 0 aromatic heterocycles. The Kier molecular flexibility index (Phi) is 5.00. The molecular weight excluding hydrogens is 202 g/mol. The molecule has 2 atom stereocenters. The number of ether oxygens (including phenoxy) is 1. The lowest BCUT2D eigenvalue weighted by Gasteiger charge is -2.34. The number of hydrogen-bond donors (Lipinski definition) is 0. The quantitative estimate of drug-likeness (QED) is 0.687. The summed E-state index contributed by atoms with van der Waals surface area (Å²) in [5, 5.41) is 0. The zero-order valence-electron chi connectivity index (χ0n) is 10.6. The molecule has 0 saturated carbocycles. The van der Waals surface area contributed by atoms with Gasteiger partial charge in [-0.05, 0) is 31.8 Å². The third kappa shape index (κ3) is 3.63. The van der Waals surface area contributed by atoms with Crippen LogP contribution >= 0.6 is 0 Å². The van der Waals surface area contributed by atoms with E-state index in [1.54, 1.807) is 0 Å². The van der Waals surface area contributed by atoms with Gasteiger partial charge in [0.2, 0.25) is 5.91 Å². The minimum absolute atomic E-state index is 0.0190. The smallest absolute Gasteiger partial charge is 0.246 e. The average molecular weight is 225 g/mol. The van der Waals surface area contributed by atoms with Crippen molar-refractivity contribution in [3.8, 4) is 0 Å². The number of nitrogens with zero attached hydrogens (tertiary/aromatic N) is 1. The van der Waals surface area contributed by atoms with E-state index in [0.717, 1.165) is 19.4 Å². The molecule has 0 radical (unpaired) electrons. The largest absolute Gasteiger partial charge is 0.373 e. The zero-order chi connectivity index (χ0) is 12.1. The van der Waals surface area contributed by atoms with Gasteiger partial charge in [-0.1, -0.05) is 20.4 Å².